The van der Waals surface area contributed by atoms with E-state index in [0.717, 1.165) is 23.2 Å². The Morgan fingerprint density at radius 3 is 3.00 bits per heavy atom. The molecule has 2 aromatic rings. The number of benzene rings is 1. The molecule has 2 aliphatic rings. The summed E-state index contributed by atoms with van der Waals surface area (Å²) in [5.74, 6) is 1.37. The van der Waals surface area contributed by atoms with Crippen molar-refractivity contribution in [3.05, 3.63) is 28.4 Å². The topological polar surface area (TPSA) is 43.4 Å². The number of halogens is 2. The predicted molar refractivity (Wildman–Crippen MR) is 75.4 cm³/mol. The van der Waals surface area contributed by atoms with Gasteiger partial charge in [0.2, 0.25) is 6.79 Å². The summed E-state index contributed by atoms with van der Waals surface area (Å²) in [5, 5.41) is 5.00. The molecule has 19 heavy (non-hydrogen) atoms. The molecule has 1 aromatic carbocycles. The second kappa shape index (κ2) is 4.40. The van der Waals surface area contributed by atoms with Gasteiger partial charge in [-0.25, -0.2) is 0 Å². The highest BCUT2D eigenvalue weighted by Crippen LogP contribution is 2.47. The summed E-state index contributed by atoms with van der Waals surface area (Å²) >= 11 is 6.18. The molecular formula is C13H12Cl2N2O2. The number of ether oxygens (including phenoxy) is 2. The third kappa shape index (κ3) is 1.67. The first-order valence-electron chi connectivity index (χ1n) is 5.88. The van der Waals surface area contributed by atoms with Crippen molar-refractivity contribution >= 4 is 34.9 Å². The van der Waals surface area contributed by atoms with E-state index < -0.39 is 0 Å². The van der Waals surface area contributed by atoms with Crippen LogP contribution >= 0.6 is 24.0 Å². The maximum absolute atomic E-state index is 6.18. The zero-order valence-corrected chi connectivity index (χ0v) is 11.8. The Morgan fingerprint density at radius 2 is 2.16 bits per heavy atom. The minimum Gasteiger partial charge on any atom is -0.453 e. The number of fused-ring (bicyclic) bond motifs is 5. The molecule has 1 atom stereocenters. The van der Waals surface area contributed by atoms with Crippen molar-refractivity contribution in [2.75, 3.05) is 6.79 Å². The van der Waals surface area contributed by atoms with Gasteiger partial charge in [-0.3, -0.25) is 4.98 Å². The Hall–Kier alpha value is -1.23. The first-order chi connectivity index (χ1) is 8.75. The highest BCUT2D eigenvalue weighted by atomic mass is 35.5. The number of nitrogens with one attached hydrogen (secondary N) is 1. The summed E-state index contributed by atoms with van der Waals surface area (Å²) in [5.41, 5.74) is 3.33. The molecule has 0 radical (unpaired) electrons. The Balaban J connectivity index is 0.00000110. The molecule has 0 saturated carbocycles. The van der Waals surface area contributed by atoms with E-state index in [2.05, 4.69) is 17.2 Å². The van der Waals surface area contributed by atoms with Gasteiger partial charge in [0.1, 0.15) is 0 Å². The normalized spacial score (nSPS) is 19.4. The highest BCUT2D eigenvalue weighted by molar-refractivity contribution is 6.33. The lowest BCUT2D eigenvalue weighted by Crippen LogP contribution is -2.07. The standard InChI is InChI=1S/C13H11ClN2O2.ClH/c1-6-10-7(3-15-6)4-16-9-2-8(14)12-13(11(9)10)18-5-17-12;/h2,4,6,15H,3,5H2,1H3;1H/t6-;/m0./s1. The molecule has 2 aliphatic heterocycles. The second-order valence-electron chi connectivity index (χ2n) is 4.62. The molecule has 0 bridgehead atoms. The highest BCUT2D eigenvalue weighted by Gasteiger charge is 2.28. The van der Waals surface area contributed by atoms with E-state index in [0.29, 0.717) is 16.8 Å². The van der Waals surface area contributed by atoms with Crippen LogP contribution in [0.3, 0.4) is 0 Å². The van der Waals surface area contributed by atoms with Gasteiger partial charge >= 0.3 is 0 Å². The Bertz CT molecular complexity index is 675. The first kappa shape index (κ1) is 12.8. The monoisotopic (exact) mass is 298 g/mol. The van der Waals surface area contributed by atoms with E-state index in [1.165, 1.54) is 11.1 Å². The lowest BCUT2D eigenvalue weighted by molar-refractivity contribution is 0.175. The zero-order chi connectivity index (χ0) is 12.3. The van der Waals surface area contributed by atoms with Crippen LogP contribution in [0.15, 0.2) is 12.3 Å². The van der Waals surface area contributed by atoms with Crippen molar-refractivity contribution in [1.82, 2.24) is 10.3 Å². The van der Waals surface area contributed by atoms with Crippen molar-refractivity contribution < 1.29 is 9.47 Å². The third-order valence-electron chi connectivity index (χ3n) is 3.58. The maximum Gasteiger partial charge on any atom is 0.231 e. The van der Waals surface area contributed by atoms with E-state index in [4.69, 9.17) is 21.1 Å². The molecule has 3 heterocycles. The molecule has 0 aliphatic carbocycles. The molecule has 0 fully saturated rings. The lowest BCUT2D eigenvalue weighted by atomic mass is 10.0. The molecule has 100 valence electrons. The van der Waals surface area contributed by atoms with Gasteiger partial charge in [0.05, 0.1) is 15.9 Å². The fraction of sp³-hybridized carbons (Fsp3) is 0.308. The second-order valence-corrected chi connectivity index (χ2v) is 5.02. The largest absolute Gasteiger partial charge is 0.453 e. The Morgan fingerprint density at radius 1 is 1.37 bits per heavy atom. The van der Waals surface area contributed by atoms with Crippen molar-refractivity contribution in [2.45, 2.75) is 19.5 Å². The summed E-state index contributed by atoms with van der Waals surface area (Å²) in [6, 6.07) is 2.13. The van der Waals surface area contributed by atoms with Gasteiger partial charge in [-0.2, -0.15) is 0 Å². The van der Waals surface area contributed by atoms with Gasteiger partial charge in [-0.05, 0) is 24.1 Å². The number of nitrogens with zero attached hydrogens (tertiary/aromatic N) is 1. The van der Waals surface area contributed by atoms with Gasteiger partial charge in [-0.15, -0.1) is 12.4 Å². The Kier molecular flexibility index (Phi) is 2.96. The number of hydrogen-bond donors (Lipinski definition) is 1. The summed E-state index contributed by atoms with van der Waals surface area (Å²) in [6.07, 6.45) is 1.91. The van der Waals surface area contributed by atoms with Crippen LogP contribution < -0.4 is 14.8 Å². The Labute approximate surface area is 121 Å². The van der Waals surface area contributed by atoms with Crippen LogP contribution in [0.1, 0.15) is 24.1 Å². The fourth-order valence-corrected chi connectivity index (χ4v) is 3.00. The number of hydrogen-bond acceptors (Lipinski definition) is 4. The quantitative estimate of drug-likeness (QED) is 0.811. The summed E-state index contributed by atoms with van der Waals surface area (Å²) in [6.45, 7) is 3.21. The van der Waals surface area contributed by atoms with Crippen LogP contribution in [0.25, 0.3) is 10.9 Å². The van der Waals surface area contributed by atoms with E-state index >= 15 is 0 Å². The number of rotatable bonds is 0. The van der Waals surface area contributed by atoms with Crippen LogP contribution in [-0.4, -0.2) is 11.8 Å². The minimum absolute atomic E-state index is 0. The number of aromatic nitrogens is 1. The molecule has 0 amide bonds. The third-order valence-corrected chi connectivity index (χ3v) is 3.86. The van der Waals surface area contributed by atoms with Crippen molar-refractivity contribution in [2.24, 2.45) is 0 Å². The predicted octanol–water partition coefficient (Wildman–Crippen LogP) is 3.20. The number of pyridine rings is 1. The molecular weight excluding hydrogens is 287 g/mol. The maximum atomic E-state index is 6.18. The van der Waals surface area contributed by atoms with Crippen LogP contribution in [0.4, 0.5) is 0 Å². The van der Waals surface area contributed by atoms with Crippen LogP contribution in [-0.2, 0) is 6.54 Å². The van der Waals surface area contributed by atoms with E-state index in [1.54, 1.807) is 0 Å². The van der Waals surface area contributed by atoms with Crippen molar-refractivity contribution in [3.8, 4) is 11.5 Å². The van der Waals surface area contributed by atoms with Gasteiger partial charge < -0.3 is 14.8 Å². The van der Waals surface area contributed by atoms with Gasteiger partial charge in [0.15, 0.2) is 11.5 Å². The molecule has 6 heteroatoms. The molecule has 1 N–H and O–H groups in total. The fourth-order valence-electron chi connectivity index (χ4n) is 2.76. The van der Waals surface area contributed by atoms with Crippen molar-refractivity contribution in [1.29, 1.82) is 0 Å². The molecule has 4 rings (SSSR count). The summed E-state index contributed by atoms with van der Waals surface area (Å²) in [4.78, 5) is 4.47. The summed E-state index contributed by atoms with van der Waals surface area (Å²) in [7, 11) is 0. The van der Waals surface area contributed by atoms with E-state index in [9.17, 15) is 0 Å². The van der Waals surface area contributed by atoms with Gasteiger partial charge in [0.25, 0.3) is 0 Å². The zero-order valence-electron chi connectivity index (χ0n) is 10.2. The average Bonchev–Trinajstić information content (AvgIpc) is 2.97. The SMILES string of the molecule is C[C@@H]1NCc2cnc3cc(Cl)c4c(c3c21)OCO4.Cl. The van der Waals surface area contributed by atoms with Gasteiger partial charge in [-0.1, -0.05) is 11.6 Å². The molecule has 1 aromatic heterocycles. The minimum atomic E-state index is 0. The molecule has 0 saturated heterocycles. The molecule has 0 spiro atoms. The van der Waals surface area contributed by atoms with Crippen LogP contribution in [0.5, 0.6) is 11.5 Å². The lowest BCUT2D eigenvalue weighted by Gasteiger charge is -2.11. The van der Waals surface area contributed by atoms with Gasteiger partial charge in [0, 0.05) is 18.8 Å². The van der Waals surface area contributed by atoms with Crippen molar-refractivity contribution in [3.63, 3.8) is 0 Å². The van der Waals surface area contributed by atoms with E-state index in [1.807, 2.05) is 12.3 Å². The summed E-state index contributed by atoms with van der Waals surface area (Å²) < 4.78 is 11.0. The van der Waals surface area contributed by atoms with Crippen LogP contribution in [0.2, 0.25) is 5.02 Å². The molecule has 0 unspecified atom stereocenters. The first-order valence-corrected chi connectivity index (χ1v) is 6.26. The smallest absolute Gasteiger partial charge is 0.231 e. The molecule has 4 nitrogen and oxygen atoms in total. The average molecular weight is 299 g/mol. The van der Waals surface area contributed by atoms with E-state index in [-0.39, 0.29) is 19.2 Å². The van der Waals surface area contributed by atoms with Crippen LogP contribution in [0, 0.1) is 0 Å².